The Morgan fingerprint density at radius 3 is 2.67 bits per heavy atom. The van der Waals surface area contributed by atoms with Gasteiger partial charge in [-0.2, -0.15) is 15.2 Å². The molecule has 12 heteroatoms. The van der Waals surface area contributed by atoms with Crippen LogP contribution in [0.25, 0.3) is 10.8 Å². The van der Waals surface area contributed by atoms with Crippen LogP contribution < -0.4 is 14.5 Å². The normalized spacial score (nSPS) is 24.5. The molecule has 3 atom stereocenters. The van der Waals surface area contributed by atoms with E-state index in [0.717, 1.165) is 29.3 Å². The van der Waals surface area contributed by atoms with Gasteiger partial charge in [0, 0.05) is 87.5 Å². The summed E-state index contributed by atoms with van der Waals surface area (Å²) in [5.41, 5.74) is 2.82. The lowest BCUT2D eigenvalue weighted by molar-refractivity contribution is -0.128. The van der Waals surface area contributed by atoms with E-state index >= 15 is 4.39 Å². The standard InChI is InChI=1S/C39H46F2N8O2/c1-4-39(41)20-31(45(3)26-39)25-51-38-43-33-24-47(34-11-6-10-28-9-5-8-27(2)36(28)34)17-14-32(33)37(44-38)48-18-19-49(30(23-48)13-15-42)35(50)12-7-16-46-21-29(40)22-46/h4-12,29-31H,1,13-14,16-26H2,2-3H3/b12-7+/t30-,31-,39?/m0/s1. The molecule has 1 amide bonds. The second kappa shape index (κ2) is 14.6. The summed E-state index contributed by atoms with van der Waals surface area (Å²) in [6, 6.07) is 14.8. The number of amides is 1. The van der Waals surface area contributed by atoms with Gasteiger partial charge in [0.1, 0.15) is 24.3 Å². The van der Waals surface area contributed by atoms with Gasteiger partial charge in [0.25, 0.3) is 0 Å². The molecule has 3 aromatic rings. The van der Waals surface area contributed by atoms with Crippen molar-refractivity contribution in [3.8, 4) is 12.1 Å². The van der Waals surface area contributed by atoms with E-state index in [0.29, 0.717) is 52.2 Å². The fourth-order valence-electron chi connectivity index (χ4n) is 8.02. The van der Waals surface area contributed by atoms with Crippen molar-refractivity contribution in [2.75, 3.05) is 75.8 Å². The molecule has 1 aromatic heterocycles. The second-order valence-corrected chi connectivity index (χ2v) is 14.4. The number of rotatable bonds is 10. The molecule has 3 fully saturated rings. The largest absolute Gasteiger partial charge is 0.462 e. The van der Waals surface area contributed by atoms with E-state index in [2.05, 4.69) is 65.8 Å². The Bertz CT molecular complexity index is 1850. The molecular weight excluding hydrogens is 650 g/mol. The van der Waals surface area contributed by atoms with Crippen molar-refractivity contribution < 1.29 is 18.3 Å². The number of aryl methyl sites for hydroxylation is 1. The Hall–Kier alpha value is -4.60. The van der Waals surface area contributed by atoms with Gasteiger partial charge in [0.2, 0.25) is 5.91 Å². The van der Waals surface area contributed by atoms with Gasteiger partial charge in [-0.15, -0.1) is 0 Å². The van der Waals surface area contributed by atoms with Crippen LogP contribution >= 0.6 is 0 Å². The van der Waals surface area contributed by atoms with E-state index < -0.39 is 11.8 Å². The van der Waals surface area contributed by atoms with Crippen molar-refractivity contribution in [1.29, 1.82) is 5.26 Å². The maximum atomic E-state index is 15.1. The summed E-state index contributed by atoms with van der Waals surface area (Å²) in [7, 11) is 1.89. The molecule has 10 nitrogen and oxygen atoms in total. The number of halogens is 2. The Kier molecular flexibility index (Phi) is 9.94. The van der Waals surface area contributed by atoms with Crippen LogP contribution in [0.4, 0.5) is 20.3 Å². The van der Waals surface area contributed by atoms with Gasteiger partial charge in [0.05, 0.1) is 30.8 Å². The molecule has 2 aromatic carbocycles. The molecule has 0 aliphatic carbocycles. The summed E-state index contributed by atoms with van der Waals surface area (Å²) >= 11 is 0. The highest BCUT2D eigenvalue weighted by Crippen LogP contribution is 2.36. The third kappa shape index (κ3) is 7.28. The van der Waals surface area contributed by atoms with Gasteiger partial charge >= 0.3 is 6.01 Å². The number of ether oxygens (including phenoxy) is 1. The zero-order chi connectivity index (χ0) is 35.7. The Morgan fingerprint density at radius 1 is 1.12 bits per heavy atom. The zero-order valence-corrected chi connectivity index (χ0v) is 29.5. The van der Waals surface area contributed by atoms with Crippen LogP contribution in [0.1, 0.15) is 29.7 Å². The number of nitrogens with zero attached hydrogens (tertiary/aromatic N) is 8. The van der Waals surface area contributed by atoms with Crippen molar-refractivity contribution in [1.82, 2.24) is 24.7 Å². The lowest BCUT2D eigenvalue weighted by Crippen LogP contribution is -2.55. The average Bonchev–Trinajstić information content (AvgIpc) is 3.42. The predicted octanol–water partition coefficient (Wildman–Crippen LogP) is 4.62. The first-order valence-electron chi connectivity index (χ1n) is 17.9. The van der Waals surface area contributed by atoms with Crippen LogP contribution in [0.15, 0.2) is 61.2 Å². The van der Waals surface area contributed by atoms with Crippen molar-refractivity contribution in [2.45, 2.75) is 56.7 Å². The zero-order valence-electron chi connectivity index (χ0n) is 29.5. The van der Waals surface area contributed by atoms with Gasteiger partial charge in [-0.3, -0.25) is 14.6 Å². The van der Waals surface area contributed by atoms with Gasteiger partial charge in [-0.25, -0.2) is 8.78 Å². The molecule has 3 saturated heterocycles. The number of aromatic nitrogens is 2. The fraction of sp³-hybridized carbons (Fsp3) is 0.487. The molecule has 1 unspecified atom stereocenters. The summed E-state index contributed by atoms with van der Waals surface area (Å²) in [5, 5.41) is 12.2. The molecule has 268 valence electrons. The molecular formula is C39H46F2N8O2. The van der Waals surface area contributed by atoms with Crippen LogP contribution in [0.5, 0.6) is 6.01 Å². The van der Waals surface area contributed by atoms with Gasteiger partial charge < -0.3 is 19.4 Å². The predicted molar refractivity (Wildman–Crippen MR) is 194 cm³/mol. The number of carbonyl (C=O) groups excluding carboxylic acids is 1. The summed E-state index contributed by atoms with van der Waals surface area (Å²) < 4.78 is 34.6. The number of benzene rings is 2. The summed E-state index contributed by atoms with van der Waals surface area (Å²) in [6.07, 6.45) is 5.09. The van der Waals surface area contributed by atoms with Crippen LogP contribution in [0.3, 0.4) is 0 Å². The van der Waals surface area contributed by atoms with E-state index in [1.54, 1.807) is 17.1 Å². The van der Waals surface area contributed by atoms with Crippen molar-refractivity contribution in [3.63, 3.8) is 0 Å². The fourth-order valence-corrected chi connectivity index (χ4v) is 8.02. The van der Waals surface area contributed by atoms with E-state index in [4.69, 9.17) is 14.7 Å². The SMILES string of the molecule is C=CC1(F)C[C@@H](COc2nc3c(c(N4CCN(C(=O)/C=C/CN5CC(F)C5)[C@@H](CC#N)C4)n2)CCN(c2cccc4cccc(C)c24)C3)N(C)C1. The van der Waals surface area contributed by atoms with Crippen LogP contribution in [-0.4, -0.2) is 121 Å². The van der Waals surface area contributed by atoms with Crippen molar-refractivity contribution >= 4 is 28.2 Å². The quantitative estimate of drug-likeness (QED) is 0.223. The summed E-state index contributed by atoms with van der Waals surface area (Å²) in [4.78, 5) is 33.4. The number of hydrogen-bond acceptors (Lipinski definition) is 9. The third-order valence-electron chi connectivity index (χ3n) is 10.9. The molecule has 5 heterocycles. The van der Waals surface area contributed by atoms with E-state index in [1.807, 2.05) is 16.8 Å². The minimum atomic E-state index is -1.46. The maximum absolute atomic E-state index is 15.1. The van der Waals surface area contributed by atoms with Gasteiger partial charge in [-0.1, -0.05) is 49.1 Å². The maximum Gasteiger partial charge on any atom is 0.318 e. The number of fused-ring (bicyclic) bond motifs is 2. The number of likely N-dealkylation sites (tertiary alicyclic amines) is 2. The van der Waals surface area contributed by atoms with Crippen LogP contribution in [0, 0.1) is 18.3 Å². The minimum Gasteiger partial charge on any atom is -0.462 e. The number of hydrogen-bond donors (Lipinski definition) is 0. The second-order valence-electron chi connectivity index (χ2n) is 14.4. The molecule has 0 saturated carbocycles. The van der Waals surface area contributed by atoms with E-state index in [1.165, 1.54) is 22.4 Å². The molecule has 4 aliphatic heterocycles. The lowest BCUT2D eigenvalue weighted by Gasteiger charge is -2.42. The molecule has 0 radical (unpaired) electrons. The Morgan fingerprint density at radius 2 is 1.92 bits per heavy atom. The van der Waals surface area contributed by atoms with Gasteiger partial charge in [-0.05, 0) is 37.4 Å². The number of piperazine rings is 1. The number of anilines is 2. The first-order valence-corrected chi connectivity index (χ1v) is 17.9. The molecule has 0 N–H and O–H groups in total. The highest BCUT2D eigenvalue weighted by Gasteiger charge is 2.41. The molecule has 51 heavy (non-hydrogen) atoms. The molecule has 7 rings (SSSR count). The first kappa shape index (κ1) is 34.8. The van der Waals surface area contributed by atoms with E-state index in [-0.39, 0.29) is 50.0 Å². The van der Waals surface area contributed by atoms with Crippen LogP contribution in [-0.2, 0) is 17.8 Å². The highest BCUT2D eigenvalue weighted by atomic mass is 19.1. The third-order valence-corrected chi connectivity index (χ3v) is 10.9. The molecule has 4 aliphatic rings. The monoisotopic (exact) mass is 696 g/mol. The van der Waals surface area contributed by atoms with Crippen molar-refractivity contribution in [2.24, 2.45) is 0 Å². The number of alkyl halides is 2. The Balaban J connectivity index is 1.15. The summed E-state index contributed by atoms with van der Waals surface area (Å²) in [5.74, 6) is 0.615. The first-order chi connectivity index (χ1) is 24.6. The lowest BCUT2D eigenvalue weighted by atomic mass is 9.99. The topological polar surface area (TPSA) is 92.1 Å². The summed E-state index contributed by atoms with van der Waals surface area (Å²) in [6.45, 7) is 10.4. The van der Waals surface area contributed by atoms with E-state index in [9.17, 15) is 14.4 Å². The van der Waals surface area contributed by atoms with Crippen LogP contribution in [0.2, 0.25) is 0 Å². The number of likely N-dealkylation sites (N-methyl/N-ethyl adjacent to an activating group) is 1. The molecule has 0 spiro atoms. The average molecular weight is 697 g/mol. The highest BCUT2D eigenvalue weighted by molar-refractivity contribution is 5.97. The van der Waals surface area contributed by atoms with Gasteiger partial charge in [0.15, 0.2) is 0 Å². The Labute approximate surface area is 298 Å². The smallest absolute Gasteiger partial charge is 0.318 e. The minimum absolute atomic E-state index is 0.147. The number of carbonyl (C=O) groups is 1. The van der Waals surface area contributed by atoms with Crippen molar-refractivity contribution in [3.05, 3.63) is 78.0 Å². The number of nitriles is 1. The molecule has 0 bridgehead atoms.